The van der Waals surface area contributed by atoms with Gasteiger partial charge >= 0.3 is 0 Å². The smallest absolute Gasteiger partial charge is 0.143 e. The zero-order valence-electron chi connectivity index (χ0n) is 39.7. The number of fused-ring (bicyclic) bond motifs is 11. The first kappa shape index (κ1) is 44.2. The van der Waals surface area contributed by atoms with Crippen LogP contribution in [0.25, 0.3) is 82.0 Å². The number of pyridine rings is 1. The van der Waals surface area contributed by atoms with Gasteiger partial charge in [-0.15, -0.1) is 53.6 Å². The van der Waals surface area contributed by atoms with Crippen LogP contribution in [-0.4, -0.2) is 9.38 Å². The third-order valence-electron chi connectivity index (χ3n) is 13.9. The van der Waals surface area contributed by atoms with Crippen LogP contribution in [-0.2, 0) is 26.5 Å². The van der Waals surface area contributed by atoms with E-state index in [9.17, 15) is 0 Å². The monoisotopic (exact) mass is 1090 g/mol. The second kappa shape index (κ2) is 17.5. The summed E-state index contributed by atoms with van der Waals surface area (Å²) in [6.07, 6.45) is 1.89. The summed E-state index contributed by atoms with van der Waals surface area (Å²) in [7, 11) is 0. The number of ether oxygens (including phenoxy) is 1. The van der Waals surface area contributed by atoms with Crippen molar-refractivity contribution in [2.24, 2.45) is 0 Å². The molecule has 5 nitrogen and oxygen atoms in total. The Morgan fingerprint density at radius 3 is 1.66 bits per heavy atom. The summed E-state index contributed by atoms with van der Waals surface area (Å²) >= 11 is 0. The quantitative estimate of drug-likeness (QED) is 0.155. The molecule has 0 unspecified atom stereocenters. The van der Waals surface area contributed by atoms with E-state index in [4.69, 9.17) is 9.72 Å². The maximum Gasteiger partial charge on any atom is 0.143 e. The first-order chi connectivity index (χ1) is 34.3. The van der Waals surface area contributed by atoms with Crippen molar-refractivity contribution in [1.82, 2.24) is 9.38 Å². The van der Waals surface area contributed by atoms with Crippen LogP contribution in [0.2, 0.25) is 0 Å². The van der Waals surface area contributed by atoms with Crippen molar-refractivity contribution in [3.8, 4) is 33.8 Å². The second-order valence-corrected chi connectivity index (χ2v) is 19.3. The third kappa shape index (κ3) is 7.46. The number of nitrogens with zero attached hydrogens (tertiary/aromatic N) is 4. The van der Waals surface area contributed by atoms with Crippen molar-refractivity contribution in [3.63, 3.8) is 0 Å². The van der Waals surface area contributed by atoms with Crippen LogP contribution in [0.3, 0.4) is 0 Å². The number of para-hydroxylation sites is 3. The van der Waals surface area contributed by atoms with E-state index in [0.29, 0.717) is 11.5 Å². The summed E-state index contributed by atoms with van der Waals surface area (Å²) in [6, 6.07) is 79.0. The maximum absolute atomic E-state index is 7.01. The molecule has 0 aliphatic carbocycles. The van der Waals surface area contributed by atoms with Gasteiger partial charge in [0.25, 0.3) is 0 Å². The number of benzene rings is 9. The molecule has 9 aromatic carbocycles. The first-order valence-corrected chi connectivity index (χ1v) is 23.9. The van der Waals surface area contributed by atoms with Gasteiger partial charge in [0, 0.05) is 83.2 Å². The van der Waals surface area contributed by atoms with Crippen LogP contribution < -0.4 is 14.5 Å². The summed E-state index contributed by atoms with van der Waals surface area (Å²) in [5.74, 6) is 1.20. The van der Waals surface area contributed by atoms with Crippen LogP contribution in [0, 0.1) is 25.7 Å². The molecule has 1 aliphatic rings. The van der Waals surface area contributed by atoms with Gasteiger partial charge in [0.05, 0.1) is 0 Å². The van der Waals surface area contributed by atoms with Gasteiger partial charge in [-0.05, 0) is 92.4 Å². The molecule has 0 saturated heterocycles. The number of hydrogen-bond donors (Lipinski definition) is 0. The summed E-state index contributed by atoms with van der Waals surface area (Å²) in [4.78, 5) is 9.77. The molecule has 71 heavy (non-hydrogen) atoms. The van der Waals surface area contributed by atoms with Gasteiger partial charge in [-0.1, -0.05) is 166 Å². The average Bonchev–Trinajstić information content (AvgIpc) is 3.95. The molecule has 0 N–H and O–H groups in total. The molecule has 0 fully saturated rings. The molecule has 3 aromatic heterocycles. The Hall–Kier alpha value is -7.98. The van der Waals surface area contributed by atoms with E-state index in [1.54, 1.807) is 0 Å². The van der Waals surface area contributed by atoms with Crippen molar-refractivity contribution in [2.45, 2.75) is 33.1 Å². The van der Waals surface area contributed by atoms with Gasteiger partial charge in [0.1, 0.15) is 5.65 Å². The Kier molecular flexibility index (Phi) is 10.9. The molecule has 0 amide bonds. The Balaban J connectivity index is 0.00000517. The fourth-order valence-electron chi connectivity index (χ4n) is 10.6. The van der Waals surface area contributed by atoms with Crippen molar-refractivity contribution >= 4 is 82.5 Å². The fourth-order valence-corrected chi connectivity index (χ4v) is 10.6. The Labute approximate surface area is 428 Å². The van der Waals surface area contributed by atoms with Crippen LogP contribution in [0.5, 0.6) is 11.5 Å². The SMILES string of the molecule is Cc1cc(-c2ccccc2)c(N2[CH-]N(c3[c-]c(Oc4[c-]c5c(cc4)c4cccc6c7ccccc7c7ccccc7c7cccnc7n5c64)cc(C(C)(C)C)c3)c3ccccc32)c(-c2ccccc2)c1.[Pt]. The minimum absolute atomic E-state index is 0. The van der Waals surface area contributed by atoms with Gasteiger partial charge in [-0.25, -0.2) is 4.98 Å². The van der Waals surface area contributed by atoms with Crippen LogP contribution in [0.4, 0.5) is 22.7 Å². The Morgan fingerprint density at radius 2 is 1.03 bits per heavy atom. The van der Waals surface area contributed by atoms with E-state index < -0.39 is 0 Å². The molecular weight excluding hydrogens is 1050 g/mol. The predicted octanol–water partition coefficient (Wildman–Crippen LogP) is 17.4. The summed E-state index contributed by atoms with van der Waals surface area (Å²) in [6.45, 7) is 11.1. The van der Waals surface area contributed by atoms with E-state index in [1.807, 2.05) is 18.3 Å². The Morgan fingerprint density at radius 1 is 0.493 bits per heavy atom. The molecule has 0 saturated carbocycles. The predicted molar refractivity (Wildman–Crippen MR) is 291 cm³/mol. The standard InChI is InChI=1S/C65H47N4O.Pt/c1-42-35-57(43-19-7-5-8-20-43)62(58(36-42)44-21-9-6-10-22-44)68-41-67(59-30-15-16-31-60(59)68)46-37-45(65(2,3)4)38-48(39-46)70-47-32-33-53-55-28-17-27-54-51-25-13-11-23-49(51)50-24-12-14-26-52(50)56-29-18-34-66-64(56)69(63(54)55)61(53)40-47;/h5-38,41H,1-4H3;/q-3;. The molecule has 12 aromatic rings. The molecule has 13 rings (SSSR count). The van der Waals surface area contributed by atoms with E-state index >= 15 is 0 Å². The zero-order valence-corrected chi connectivity index (χ0v) is 42.0. The number of aryl methyl sites for hydroxylation is 1. The third-order valence-corrected chi connectivity index (χ3v) is 13.9. The maximum atomic E-state index is 7.01. The number of aromatic nitrogens is 2. The van der Waals surface area contributed by atoms with Crippen LogP contribution in [0.15, 0.2) is 206 Å². The zero-order chi connectivity index (χ0) is 47.1. The molecule has 6 heteroatoms. The molecular formula is C65H47N4OPt-3. The molecule has 0 atom stereocenters. The van der Waals surface area contributed by atoms with Crippen molar-refractivity contribution in [3.05, 3.63) is 236 Å². The number of anilines is 4. The molecule has 4 heterocycles. The second-order valence-electron chi connectivity index (χ2n) is 19.3. The van der Waals surface area contributed by atoms with Crippen molar-refractivity contribution < 1.29 is 25.8 Å². The molecule has 1 aliphatic heterocycles. The van der Waals surface area contributed by atoms with E-state index in [-0.39, 0.29) is 26.5 Å². The average molecular weight is 1100 g/mol. The normalized spacial score (nSPS) is 12.6. The summed E-state index contributed by atoms with van der Waals surface area (Å²) in [5.41, 5.74) is 13.7. The molecule has 0 bridgehead atoms. The van der Waals surface area contributed by atoms with Crippen LogP contribution in [0.1, 0.15) is 31.9 Å². The van der Waals surface area contributed by atoms with E-state index in [0.717, 1.165) is 94.2 Å². The summed E-state index contributed by atoms with van der Waals surface area (Å²) < 4.78 is 9.31. The molecule has 0 radical (unpaired) electrons. The minimum atomic E-state index is -0.205. The molecule has 0 spiro atoms. The van der Waals surface area contributed by atoms with E-state index in [2.05, 4.69) is 249 Å². The number of hydrogen-bond acceptors (Lipinski definition) is 4. The largest absolute Gasteiger partial charge is 0.509 e. The van der Waals surface area contributed by atoms with E-state index in [1.165, 1.54) is 21.7 Å². The topological polar surface area (TPSA) is 33.0 Å². The van der Waals surface area contributed by atoms with Crippen molar-refractivity contribution in [1.29, 1.82) is 0 Å². The van der Waals surface area contributed by atoms with Gasteiger partial charge in [-0.2, -0.15) is 6.07 Å². The first-order valence-electron chi connectivity index (χ1n) is 23.9. The van der Waals surface area contributed by atoms with Gasteiger partial charge in [0.15, 0.2) is 0 Å². The van der Waals surface area contributed by atoms with Crippen molar-refractivity contribution in [2.75, 3.05) is 9.80 Å². The minimum Gasteiger partial charge on any atom is -0.509 e. The Bertz CT molecular complexity index is 4020. The van der Waals surface area contributed by atoms with Crippen LogP contribution >= 0.6 is 0 Å². The fraction of sp³-hybridized carbons (Fsp3) is 0.0769. The summed E-state index contributed by atoms with van der Waals surface area (Å²) in [5, 5.41) is 9.04. The number of rotatable bonds is 6. The van der Waals surface area contributed by atoms with Gasteiger partial charge in [0.2, 0.25) is 0 Å². The van der Waals surface area contributed by atoms with Gasteiger partial charge in [-0.3, -0.25) is 0 Å². The van der Waals surface area contributed by atoms with Gasteiger partial charge < -0.3 is 18.9 Å². The molecule has 346 valence electrons.